The molecular weight excluding hydrogens is 428 g/mol. The number of rotatable bonds is 4. The molecule has 0 bridgehead atoms. The molecule has 1 atom stereocenters. The van der Waals surface area contributed by atoms with Gasteiger partial charge in [0.25, 0.3) is 5.56 Å². The molecule has 0 unspecified atom stereocenters. The van der Waals surface area contributed by atoms with E-state index >= 15 is 0 Å². The van der Waals surface area contributed by atoms with E-state index in [2.05, 4.69) is 0 Å². The van der Waals surface area contributed by atoms with Crippen LogP contribution in [0.1, 0.15) is 31.0 Å². The van der Waals surface area contributed by atoms with E-state index in [0.717, 1.165) is 11.1 Å². The van der Waals surface area contributed by atoms with Crippen molar-refractivity contribution in [1.29, 1.82) is 0 Å². The minimum atomic E-state index is -0.619. The molecule has 0 fully saturated rings. The van der Waals surface area contributed by atoms with Crippen molar-refractivity contribution in [3.8, 4) is 11.5 Å². The molecule has 0 amide bonds. The van der Waals surface area contributed by atoms with Gasteiger partial charge in [0.2, 0.25) is 6.79 Å². The minimum Gasteiger partial charge on any atom is -0.463 e. The molecule has 162 valence electrons. The molecule has 0 radical (unpaired) electrons. The molecule has 2 aromatic carbocycles. The first-order valence-corrected chi connectivity index (χ1v) is 11.0. The number of aromatic nitrogens is 1. The Kier molecular flexibility index (Phi) is 5.14. The Hall–Kier alpha value is -3.65. The van der Waals surface area contributed by atoms with E-state index in [1.165, 1.54) is 15.9 Å². The fraction of sp³-hybridized carbons (Fsp3) is 0.208. The van der Waals surface area contributed by atoms with Crippen LogP contribution in [0.15, 0.2) is 63.9 Å². The number of fused-ring (bicyclic) bond motifs is 2. The molecule has 2 aliphatic heterocycles. The topological polar surface area (TPSA) is 79.1 Å². The number of allylic oxidation sites excluding steroid dienone is 1. The highest BCUT2D eigenvalue weighted by molar-refractivity contribution is 7.07. The van der Waals surface area contributed by atoms with E-state index in [0.29, 0.717) is 32.1 Å². The second-order valence-electron chi connectivity index (χ2n) is 7.31. The van der Waals surface area contributed by atoms with Crippen LogP contribution in [0.4, 0.5) is 0 Å². The lowest BCUT2D eigenvalue weighted by Gasteiger charge is -2.22. The Morgan fingerprint density at radius 1 is 1.22 bits per heavy atom. The maximum Gasteiger partial charge on any atom is 0.338 e. The molecule has 3 aromatic rings. The van der Waals surface area contributed by atoms with Gasteiger partial charge in [0.15, 0.2) is 16.3 Å². The van der Waals surface area contributed by atoms with Crippen LogP contribution in [0.5, 0.6) is 11.5 Å². The Morgan fingerprint density at radius 3 is 2.78 bits per heavy atom. The van der Waals surface area contributed by atoms with Crippen molar-refractivity contribution < 1.29 is 19.0 Å². The normalized spacial score (nSPS) is 17.2. The Bertz CT molecular complexity index is 1420. The average molecular weight is 449 g/mol. The molecule has 0 saturated heterocycles. The number of thiazole rings is 1. The molecule has 0 N–H and O–H groups in total. The number of esters is 1. The number of ether oxygens (including phenoxy) is 3. The monoisotopic (exact) mass is 448 g/mol. The maximum absolute atomic E-state index is 13.2. The van der Waals surface area contributed by atoms with Crippen molar-refractivity contribution in [3.05, 3.63) is 84.9 Å². The number of hydrogen-bond donors (Lipinski definition) is 0. The van der Waals surface area contributed by atoms with E-state index in [1.54, 1.807) is 19.9 Å². The maximum atomic E-state index is 13.2. The van der Waals surface area contributed by atoms with Gasteiger partial charge in [0, 0.05) is 5.70 Å². The Labute approximate surface area is 187 Å². The molecule has 5 rings (SSSR count). The van der Waals surface area contributed by atoms with Crippen LogP contribution >= 0.6 is 11.3 Å². The van der Waals surface area contributed by atoms with Gasteiger partial charge >= 0.3 is 5.97 Å². The summed E-state index contributed by atoms with van der Waals surface area (Å²) in [4.78, 5) is 31.5. The number of hydrogen-bond acceptors (Lipinski definition) is 7. The van der Waals surface area contributed by atoms with Gasteiger partial charge in [-0.05, 0) is 43.2 Å². The highest BCUT2D eigenvalue weighted by atomic mass is 32.1. The highest BCUT2D eigenvalue weighted by Crippen LogP contribution is 2.38. The van der Waals surface area contributed by atoms with E-state index in [1.807, 2.05) is 48.5 Å². The zero-order chi connectivity index (χ0) is 22.2. The quantitative estimate of drug-likeness (QED) is 0.574. The average Bonchev–Trinajstić information content (AvgIpc) is 3.38. The van der Waals surface area contributed by atoms with Crippen LogP contribution in [0.25, 0.3) is 11.8 Å². The summed E-state index contributed by atoms with van der Waals surface area (Å²) in [5.41, 5.74) is 2.33. The zero-order valence-corrected chi connectivity index (χ0v) is 18.3. The van der Waals surface area contributed by atoms with Crippen LogP contribution < -0.4 is 24.4 Å². The van der Waals surface area contributed by atoms with Crippen LogP contribution in [-0.2, 0) is 9.53 Å². The van der Waals surface area contributed by atoms with Crippen molar-refractivity contribution in [2.45, 2.75) is 19.9 Å². The standard InChI is InChI=1S/C24H20N2O5S/c1-3-29-23(28)20-14(2)26-22(27)19(11-15-7-5-4-6-8-15)32-24(26)25-21(20)16-9-10-17-18(12-16)31-13-30-17/h4-12,21H,3,13H2,1-2H3/b19-11-/t21-/m0/s1. The molecule has 8 heteroatoms. The lowest BCUT2D eigenvalue weighted by Crippen LogP contribution is -2.35. The predicted octanol–water partition coefficient (Wildman–Crippen LogP) is 2.64. The summed E-state index contributed by atoms with van der Waals surface area (Å²) >= 11 is 1.30. The summed E-state index contributed by atoms with van der Waals surface area (Å²) in [7, 11) is 0. The highest BCUT2D eigenvalue weighted by Gasteiger charge is 2.32. The number of benzene rings is 2. The second kappa shape index (κ2) is 8.12. The smallest absolute Gasteiger partial charge is 0.338 e. The fourth-order valence-corrected chi connectivity index (χ4v) is 4.88. The minimum absolute atomic E-state index is 0.156. The van der Waals surface area contributed by atoms with Gasteiger partial charge in [-0.2, -0.15) is 0 Å². The molecule has 32 heavy (non-hydrogen) atoms. The Morgan fingerprint density at radius 2 is 2.00 bits per heavy atom. The Balaban J connectivity index is 1.71. The first kappa shape index (κ1) is 20.3. The van der Waals surface area contributed by atoms with E-state index in [9.17, 15) is 9.59 Å². The summed E-state index contributed by atoms with van der Waals surface area (Å²) in [6, 6.07) is 14.5. The van der Waals surface area contributed by atoms with Crippen molar-refractivity contribution in [2.24, 2.45) is 4.99 Å². The number of nitrogens with zero attached hydrogens (tertiary/aromatic N) is 2. The van der Waals surface area contributed by atoms with Crippen LogP contribution in [0.3, 0.4) is 0 Å². The van der Waals surface area contributed by atoms with Gasteiger partial charge < -0.3 is 14.2 Å². The molecule has 0 aliphatic carbocycles. The van der Waals surface area contributed by atoms with Crippen molar-refractivity contribution in [3.63, 3.8) is 0 Å². The van der Waals surface area contributed by atoms with Gasteiger partial charge in [0.05, 0.1) is 16.7 Å². The van der Waals surface area contributed by atoms with Crippen LogP contribution in [0, 0.1) is 0 Å². The van der Waals surface area contributed by atoms with E-state index in [4.69, 9.17) is 19.2 Å². The van der Waals surface area contributed by atoms with Crippen LogP contribution in [-0.4, -0.2) is 23.9 Å². The predicted molar refractivity (Wildman–Crippen MR) is 120 cm³/mol. The summed E-state index contributed by atoms with van der Waals surface area (Å²) in [5.74, 6) is 0.760. The third kappa shape index (κ3) is 3.42. The lowest BCUT2D eigenvalue weighted by atomic mass is 9.96. The first-order valence-electron chi connectivity index (χ1n) is 10.2. The molecule has 0 spiro atoms. The first-order chi connectivity index (χ1) is 15.6. The molecule has 7 nitrogen and oxygen atoms in total. The van der Waals surface area contributed by atoms with Gasteiger partial charge in [-0.3, -0.25) is 9.36 Å². The third-order valence-electron chi connectivity index (χ3n) is 5.35. The SMILES string of the molecule is CCOC(=O)C1=C(C)n2c(s/c(=C\c3ccccc3)c2=O)=N[C@H]1c1ccc2c(c1)OCO2. The number of carbonyl (C=O) groups is 1. The molecular formula is C24H20N2O5S. The largest absolute Gasteiger partial charge is 0.463 e. The number of carbonyl (C=O) groups excluding carboxylic acids is 1. The zero-order valence-electron chi connectivity index (χ0n) is 17.5. The molecule has 2 aliphatic rings. The summed E-state index contributed by atoms with van der Waals surface area (Å²) in [6.45, 7) is 3.88. The summed E-state index contributed by atoms with van der Waals surface area (Å²) < 4.78 is 18.3. The molecule has 0 saturated carbocycles. The second-order valence-corrected chi connectivity index (χ2v) is 8.32. The van der Waals surface area contributed by atoms with E-state index < -0.39 is 12.0 Å². The van der Waals surface area contributed by atoms with Gasteiger partial charge in [-0.1, -0.05) is 47.7 Å². The van der Waals surface area contributed by atoms with Crippen LogP contribution in [0.2, 0.25) is 0 Å². The van der Waals surface area contributed by atoms with Crippen molar-refractivity contribution in [2.75, 3.05) is 13.4 Å². The molecule has 1 aromatic heterocycles. The van der Waals surface area contributed by atoms with Crippen molar-refractivity contribution >= 4 is 29.1 Å². The van der Waals surface area contributed by atoms with Crippen molar-refractivity contribution in [1.82, 2.24) is 4.57 Å². The van der Waals surface area contributed by atoms with Gasteiger partial charge in [0.1, 0.15) is 6.04 Å². The third-order valence-corrected chi connectivity index (χ3v) is 6.33. The lowest BCUT2D eigenvalue weighted by molar-refractivity contribution is -0.138. The molecule has 3 heterocycles. The van der Waals surface area contributed by atoms with E-state index in [-0.39, 0.29) is 19.0 Å². The summed E-state index contributed by atoms with van der Waals surface area (Å²) in [5, 5.41) is 0. The fourth-order valence-electron chi connectivity index (χ4n) is 3.84. The summed E-state index contributed by atoms with van der Waals surface area (Å²) in [6.07, 6.45) is 1.83. The van der Waals surface area contributed by atoms with Gasteiger partial charge in [-0.15, -0.1) is 0 Å². The van der Waals surface area contributed by atoms with Gasteiger partial charge in [-0.25, -0.2) is 9.79 Å².